The Hall–Kier alpha value is -2.16. The van der Waals surface area contributed by atoms with Gasteiger partial charge in [-0.3, -0.25) is 0 Å². The first kappa shape index (κ1) is 11.3. The van der Waals surface area contributed by atoms with Crippen LogP contribution in [0.3, 0.4) is 0 Å². The first-order valence-corrected chi connectivity index (χ1v) is 5.57. The number of phenolic OH excluding ortho intramolecular Hbond substituents is 1. The quantitative estimate of drug-likeness (QED) is 0.817. The van der Waals surface area contributed by atoms with Crippen LogP contribution in [0, 0.1) is 0 Å². The zero-order chi connectivity index (χ0) is 12.1. The van der Waals surface area contributed by atoms with Gasteiger partial charge in [0.1, 0.15) is 5.75 Å². The Labute approximate surface area is 100 Å². The molecule has 0 saturated carbocycles. The highest BCUT2D eigenvalue weighted by Gasteiger charge is 1.96. The molecular weight excluding hydrogens is 212 g/mol. The van der Waals surface area contributed by atoms with Gasteiger partial charge in [-0.25, -0.2) is 9.98 Å². The number of aromatic nitrogens is 1. The molecule has 0 bridgehead atoms. The number of hydrogen-bond donors (Lipinski definition) is 1. The Kier molecular flexibility index (Phi) is 3.50. The summed E-state index contributed by atoms with van der Waals surface area (Å²) < 4.78 is 0. The Morgan fingerprint density at radius 3 is 2.76 bits per heavy atom. The molecule has 1 aromatic carbocycles. The van der Waals surface area contributed by atoms with Crippen LogP contribution >= 0.6 is 0 Å². The highest BCUT2D eigenvalue weighted by atomic mass is 16.3. The third-order valence-corrected chi connectivity index (χ3v) is 2.43. The van der Waals surface area contributed by atoms with E-state index in [1.54, 1.807) is 18.3 Å². The largest absolute Gasteiger partial charge is 0.507 e. The summed E-state index contributed by atoms with van der Waals surface area (Å²) in [6.45, 7) is 2.05. The number of phenols is 1. The number of pyridine rings is 1. The lowest BCUT2D eigenvalue weighted by Gasteiger charge is -1.98. The third kappa shape index (κ3) is 2.91. The Morgan fingerprint density at radius 1 is 1.18 bits per heavy atom. The second kappa shape index (κ2) is 5.25. The fraction of sp³-hybridized carbons (Fsp3) is 0.143. The molecule has 0 amide bonds. The van der Waals surface area contributed by atoms with Gasteiger partial charge in [0.25, 0.3) is 0 Å². The number of para-hydroxylation sites is 1. The lowest BCUT2D eigenvalue weighted by Crippen LogP contribution is -1.86. The number of nitrogens with zero attached hydrogens (tertiary/aromatic N) is 2. The molecule has 0 unspecified atom stereocenters. The number of rotatable bonds is 3. The summed E-state index contributed by atoms with van der Waals surface area (Å²) >= 11 is 0. The van der Waals surface area contributed by atoms with Crippen LogP contribution in [0.1, 0.15) is 18.2 Å². The fourth-order valence-corrected chi connectivity index (χ4v) is 1.47. The minimum atomic E-state index is 0.225. The molecule has 0 spiro atoms. The molecule has 0 aliphatic heterocycles. The van der Waals surface area contributed by atoms with E-state index < -0.39 is 0 Å². The van der Waals surface area contributed by atoms with Crippen LogP contribution in [0.4, 0.5) is 5.82 Å². The van der Waals surface area contributed by atoms with Gasteiger partial charge in [0, 0.05) is 17.5 Å². The van der Waals surface area contributed by atoms with Crippen molar-refractivity contribution in [3.8, 4) is 5.75 Å². The first-order chi connectivity index (χ1) is 8.29. The normalized spacial score (nSPS) is 10.9. The molecule has 2 aromatic rings. The number of aliphatic imine (C=N–C) groups is 1. The molecule has 2 rings (SSSR count). The van der Waals surface area contributed by atoms with Gasteiger partial charge in [-0.2, -0.15) is 0 Å². The van der Waals surface area contributed by atoms with Crippen LogP contribution < -0.4 is 0 Å². The second-order valence-electron chi connectivity index (χ2n) is 3.66. The van der Waals surface area contributed by atoms with Crippen molar-refractivity contribution >= 4 is 12.0 Å². The molecule has 0 aliphatic rings. The van der Waals surface area contributed by atoms with Crippen LogP contribution in [0.5, 0.6) is 5.75 Å². The van der Waals surface area contributed by atoms with Gasteiger partial charge >= 0.3 is 0 Å². The van der Waals surface area contributed by atoms with Crippen molar-refractivity contribution in [1.82, 2.24) is 4.98 Å². The predicted octanol–water partition coefficient (Wildman–Crippen LogP) is 3.10. The molecule has 3 nitrogen and oxygen atoms in total. The number of hydrogen-bond acceptors (Lipinski definition) is 3. The summed E-state index contributed by atoms with van der Waals surface area (Å²) in [5.74, 6) is 0.885. The molecule has 0 fully saturated rings. The molecule has 3 heteroatoms. The van der Waals surface area contributed by atoms with E-state index in [-0.39, 0.29) is 5.75 Å². The first-order valence-electron chi connectivity index (χ1n) is 5.57. The summed E-state index contributed by atoms with van der Waals surface area (Å²) in [6, 6.07) is 12.8. The maximum atomic E-state index is 9.58. The maximum absolute atomic E-state index is 9.58. The smallest absolute Gasteiger partial charge is 0.152 e. The van der Waals surface area contributed by atoms with Crippen LogP contribution in [0.25, 0.3) is 0 Å². The highest BCUT2D eigenvalue weighted by molar-refractivity contribution is 5.84. The second-order valence-corrected chi connectivity index (χ2v) is 3.66. The average molecular weight is 226 g/mol. The topological polar surface area (TPSA) is 45.5 Å². The van der Waals surface area contributed by atoms with Crippen molar-refractivity contribution in [2.75, 3.05) is 0 Å². The molecule has 1 N–H and O–H groups in total. The average Bonchev–Trinajstić information content (AvgIpc) is 2.38. The molecule has 1 aromatic heterocycles. The van der Waals surface area contributed by atoms with Crippen LogP contribution in [0.2, 0.25) is 0 Å². The van der Waals surface area contributed by atoms with E-state index in [1.807, 2.05) is 30.3 Å². The van der Waals surface area contributed by atoms with E-state index in [4.69, 9.17) is 0 Å². The van der Waals surface area contributed by atoms with E-state index >= 15 is 0 Å². The van der Waals surface area contributed by atoms with Crippen molar-refractivity contribution in [2.24, 2.45) is 4.99 Å². The van der Waals surface area contributed by atoms with Crippen molar-refractivity contribution in [1.29, 1.82) is 0 Å². The van der Waals surface area contributed by atoms with E-state index in [1.165, 1.54) is 0 Å². The van der Waals surface area contributed by atoms with Gasteiger partial charge in [-0.15, -0.1) is 0 Å². The highest BCUT2D eigenvalue weighted by Crippen LogP contribution is 2.15. The van der Waals surface area contributed by atoms with Gasteiger partial charge < -0.3 is 5.11 Å². The molecule has 0 aliphatic carbocycles. The van der Waals surface area contributed by atoms with E-state index in [0.717, 1.165) is 12.1 Å². The molecule has 0 saturated heterocycles. The fourth-order valence-electron chi connectivity index (χ4n) is 1.47. The summed E-state index contributed by atoms with van der Waals surface area (Å²) in [4.78, 5) is 8.61. The van der Waals surface area contributed by atoms with Crippen molar-refractivity contribution in [2.45, 2.75) is 13.3 Å². The summed E-state index contributed by atoms with van der Waals surface area (Å²) in [5, 5.41) is 9.58. The van der Waals surface area contributed by atoms with Gasteiger partial charge in [0.2, 0.25) is 0 Å². The monoisotopic (exact) mass is 226 g/mol. The van der Waals surface area contributed by atoms with Crippen LogP contribution in [-0.2, 0) is 6.42 Å². The Morgan fingerprint density at radius 2 is 2.00 bits per heavy atom. The zero-order valence-electron chi connectivity index (χ0n) is 9.67. The summed E-state index contributed by atoms with van der Waals surface area (Å²) in [7, 11) is 0. The Balaban J connectivity index is 2.23. The van der Waals surface area contributed by atoms with E-state index in [0.29, 0.717) is 11.4 Å². The number of aromatic hydroxyl groups is 1. The van der Waals surface area contributed by atoms with Gasteiger partial charge in [-0.05, 0) is 30.7 Å². The molecular formula is C14H14N2O. The number of aryl methyl sites for hydroxylation is 1. The summed E-state index contributed by atoms with van der Waals surface area (Å²) in [6.07, 6.45) is 2.51. The maximum Gasteiger partial charge on any atom is 0.152 e. The minimum Gasteiger partial charge on any atom is -0.507 e. The van der Waals surface area contributed by atoms with E-state index in [2.05, 4.69) is 16.9 Å². The minimum absolute atomic E-state index is 0.225. The predicted molar refractivity (Wildman–Crippen MR) is 69.0 cm³/mol. The van der Waals surface area contributed by atoms with Gasteiger partial charge in [-0.1, -0.05) is 25.1 Å². The Bertz CT molecular complexity index is 535. The number of benzene rings is 1. The summed E-state index contributed by atoms with van der Waals surface area (Å²) in [5.41, 5.74) is 1.70. The molecule has 0 radical (unpaired) electrons. The van der Waals surface area contributed by atoms with E-state index in [9.17, 15) is 5.11 Å². The van der Waals surface area contributed by atoms with Gasteiger partial charge in [0.15, 0.2) is 5.82 Å². The zero-order valence-corrected chi connectivity index (χ0v) is 9.67. The third-order valence-electron chi connectivity index (χ3n) is 2.43. The molecule has 1 heterocycles. The van der Waals surface area contributed by atoms with Crippen molar-refractivity contribution in [3.05, 3.63) is 53.7 Å². The van der Waals surface area contributed by atoms with Crippen molar-refractivity contribution < 1.29 is 5.11 Å². The van der Waals surface area contributed by atoms with Crippen LogP contribution in [-0.4, -0.2) is 16.3 Å². The van der Waals surface area contributed by atoms with Gasteiger partial charge in [0.05, 0.1) is 0 Å². The van der Waals surface area contributed by atoms with Crippen LogP contribution in [0.15, 0.2) is 47.5 Å². The lowest BCUT2D eigenvalue weighted by atomic mass is 10.2. The van der Waals surface area contributed by atoms with Crippen molar-refractivity contribution in [3.63, 3.8) is 0 Å². The molecule has 0 atom stereocenters. The molecule has 17 heavy (non-hydrogen) atoms. The lowest BCUT2D eigenvalue weighted by molar-refractivity contribution is 0.474. The molecule has 86 valence electrons. The SMILES string of the molecule is CCc1cccc(N=Cc2ccccc2O)n1. The standard InChI is InChI=1S/C14H14N2O/c1-2-12-7-5-9-14(16-12)15-10-11-6-3-4-8-13(11)17/h3-10,17H,2H2,1H3.